The number of hydrogen-bond donors (Lipinski definition) is 2. The minimum atomic E-state index is 0. The van der Waals surface area contributed by atoms with Crippen molar-refractivity contribution in [2.75, 3.05) is 17.8 Å². The standard InChI is InChI=1S/C17H14N4O2.CH3F.2H2/c22-10-18-15-9-21-8-13(3-5-16(21)20-15)12-2-1-11-4-6-17(23)19-14(11)7-12;1-2;;/h1-3,5,7-10H,4,6H2,(H,18,22)(H,19,23);1H3;2*1H. The van der Waals surface area contributed by atoms with Crippen LogP contribution in [0.1, 0.15) is 14.8 Å². The van der Waals surface area contributed by atoms with Crippen molar-refractivity contribution in [3.05, 3.63) is 48.3 Å². The Bertz CT molecular complexity index is 946. The Hall–Kier alpha value is -3.22. The number of fused-ring (bicyclic) bond motifs is 2. The lowest BCUT2D eigenvalue weighted by molar-refractivity contribution is -0.116. The van der Waals surface area contributed by atoms with Crippen molar-refractivity contribution in [2.24, 2.45) is 0 Å². The first-order chi connectivity index (χ1) is 12.2. The quantitative estimate of drug-likeness (QED) is 0.714. The molecule has 1 aliphatic rings. The van der Waals surface area contributed by atoms with Crippen LogP contribution in [-0.2, 0) is 16.0 Å². The van der Waals surface area contributed by atoms with Gasteiger partial charge in [0.05, 0.1) is 13.4 Å². The second-order valence-electron chi connectivity index (χ2n) is 5.49. The number of hydrogen-bond acceptors (Lipinski definition) is 3. The van der Waals surface area contributed by atoms with Crippen LogP contribution in [-0.4, -0.2) is 28.9 Å². The molecule has 25 heavy (non-hydrogen) atoms. The zero-order chi connectivity index (χ0) is 17.8. The molecule has 0 radical (unpaired) electrons. The van der Waals surface area contributed by atoms with E-state index in [-0.39, 0.29) is 8.76 Å². The highest BCUT2D eigenvalue weighted by Gasteiger charge is 2.15. The minimum absolute atomic E-state index is 0. The van der Waals surface area contributed by atoms with E-state index in [2.05, 4.69) is 27.8 Å². The summed E-state index contributed by atoms with van der Waals surface area (Å²) in [5.74, 6) is 0.569. The highest BCUT2D eigenvalue weighted by Crippen LogP contribution is 2.29. The molecule has 4 rings (SSSR count). The number of halogens is 1. The Morgan fingerprint density at radius 2 is 2.00 bits per heavy atom. The predicted octanol–water partition coefficient (Wildman–Crippen LogP) is 3.53. The van der Waals surface area contributed by atoms with Crippen molar-refractivity contribution in [2.45, 2.75) is 12.8 Å². The molecule has 2 amide bonds. The maximum atomic E-state index is 11.6. The summed E-state index contributed by atoms with van der Waals surface area (Å²) < 4.78 is 11.4. The molecule has 3 aromatic rings. The molecule has 132 valence electrons. The van der Waals surface area contributed by atoms with Gasteiger partial charge in [0.25, 0.3) is 0 Å². The first-order valence-corrected chi connectivity index (χ1v) is 7.73. The van der Waals surface area contributed by atoms with E-state index in [9.17, 15) is 14.0 Å². The minimum Gasteiger partial charge on any atom is -0.326 e. The van der Waals surface area contributed by atoms with Gasteiger partial charge in [-0.2, -0.15) is 0 Å². The second-order valence-corrected chi connectivity index (χ2v) is 5.49. The van der Waals surface area contributed by atoms with Crippen LogP contribution in [0.3, 0.4) is 0 Å². The number of pyridine rings is 1. The van der Waals surface area contributed by atoms with Crippen LogP contribution in [0.15, 0.2) is 42.7 Å². The molecule has 0 saturated carbocycles. The number of alkyl halides is 1. The van der Waals surface area contributed by atoms with E-state index in [0.29, 0.717) is 25.8 Å². The van der Waals surface area contributed by atoms with Crippen molar-refractivity contribution in [1.29, 1.82) is 0 Å². The van der Waals surface area contributed by atoms with Gasteiger partial charge in [-0.15, -0.1) is 0 Å². The molecule has 3 heterocycles. The summed E-state index contributed by atoms with van der Waals surface area (Å²) in [6.07, 6.45) is 5.63. The number of nitrogens with zero attached hydrogens (tertiary/aromatic N) is 2. The zero-order valence-electron chi connectivity index (χ0n) is 13.6. The summed E-state index contributed by atoms with van der Waals surface area (Å²) in [5, 5.41) is 5.46. The highest BCUT2D eigenvalue weighted by atomic mass is 19.1. The van der Waals surface area contributed by atoms with Gasteiger partial charge in [0.2, 0.25) is 12.3 Å². The topological polar surface area (TPSA) is 75.5 Å². The first-order valence-electron chi connectivity index (χ1n) is 7.73. The van der Waals surface area contributed by atoms with Crippen LogP contribution in [0.4, 0.5) is 15.9 Å². The fourth-order valence-electron chi connectivity index (χ4n) is 2.84. The Morgan fingerprint density at radius 3 is 2.80 bits per heavy atom. The Balaban J connectivity index is 0.000000883. The fraction of sp³-hybridized carbons (Fsp3) is 0.167. The second kappa shape index (κ2) is 7.12. The predicted molar refractivity (Wildman–Crippen MR) is 98.5 cm³/mol. The molecule has 0 unspecified atom stereocenters. The maximum Gasteiger partial charge on any atom is 0.224 e. The number of benzene rings is 1. The molecule has 2 aromatic heterocycles. The number of aryl methyl sites for hydroxylation is 1. The van der Waals surface area contributed by atoms with Crippen molar-refractivity contribution >= 4 is 29.5 Å². The van der Waals surface area contributed by atoms with Gasteiger partial charge in [0, 0.05) is 21.2 Å². The van der Waals surface area contributed by atoms with Gasteiger partial charge < -0.3 is 15.0 Å². The molecule has 0 bridgehead atoms. The van der Waals surface area contributed by atoms with E-state index in [1.807, 2.05) is 28.8 Å². The number of rotatable bonds is 3. The third-order valence-electron chi connectivity index (χ3n) is 4.00. The third-order valence-corrected chi connectivity index (χ3v) is 4.00. The van der Waals surface area contributed by atoms with Crippen LogP contribution < -0.4 is 10.6 Å². The zero-order valence-corrected chi connectivity index (χ0v) is 13.6. The lowest BCUT2D eigenvalue weighted by Crippen LogP contribution is -2.18. The average Bonchev–Trinajstić information content (AvgIpc) is 3.04. The van der Waals surface area contributed by atoms with Crippen molar-refractivity contribution in [3.63, 3.8) is 0 Å². The molecular formula is C18H21FN4O2. The maximum absolute atomic E-state index is 11.6. The molecule has 7 heteroatoms. The molecule has 0 saturated heterocycles. The van der Waals surface area contributed by atoms with Crippen LogP contribution >= 0.6 is 0 Å². The summed E-state index contributed by atoms with van der Waals surface area (Å²) in [7, 11) is 0.500. The Morgan fingerprint density at radius 1 is 1.20 bits per heavy atom. The van der Waals surface area contributed by atoms with Crippen LogP contribution in [0, 0.1) is 0 Å². The smallest absolute Gasteiger partial charge is 0.224 e. The Labute approximate surface area is 146 Å². The van der Waals surface area contributed by atoms with Gasteiger partial charge in [-0.1, -0.05) is 12.1 Å². The molecular weight excluding hydrogens is 323 g/mol. The van der Waals surface area contributed by atoms with Crippen LogP contribution in [0.2, 0.25) is 0 Å². The number of carbonyl (C=O) groups excluding carboxylic acids is 2. The molecule has 0 aliphatic carbocycles. The van der Waals surface area contributed by atoms with Crippen molar-refractivity contribution < 1.29 is 16.8 Å². The van der Waals surface area contributed by atoms with E-state index >= 15 is 0 Å². The monoisotopic (exact) mass is 344 g/mol. The number of carbonyl (C=O) groups is 2. The van der Waals surface area contributed by atoms with E-state index in [1.54, 1.807) is 6.20 Å². The molecule has 0 spiro atoms. The lowest BCUT2D eigenvalue weighted by atomic mass is 9.98. The van der Waals surface area contributed by atoms with E-state index in [4.69, 9.17) is 0 Å². The lowest BCUT2D eigenvalue weighted by Gasteiger charge is -2.17. The molecule has 1 aliphatic heterocycles. The molecule has 1 aromatic carbocycles. The highest BCUT2D eigenvalue weighted by molar-refractivity contribution is 5.94. The van der Waals surface area contributed by atoms with Gasteiger partial charge in [-0.25, -0.2) is 4.98 Å². The SMILES string of the molecule is CF.O=CNc1cn2cc(-c3ccc4c(c3)NC(=O)CC4)ccc2n1.[HH].[HH]. The third kappa shape index (κ3) is 3.35. The van der Waals surface area contributed by atoms with Crippen LogP contribution in [0.5, 0.6) is 0 Å². The summed E-state index contributed by atoms with van der Waals surface area (Å²) in [5.41, 5.74) is 4.83. The van der Waals surface area contributed by atoms with Gasteiger partial charge in [0.1, 0.15) is 5.65 Å². The van der Waals surface area contributed by atoms with Crippen molar-refractivity contribution in [3.8, 4) is 11.1 Å². The number of amides is 2. The fourth-order valence-corrected chi connectivity index (χ4v) is 2.84. The van der Waals surface area contributed by atoms with E-state index < -0.39 is 0 Å². The molecule has 0 atom stereocenters. The average molecular weight is 344 g/mol. The van der Waals surface area contributed by atoms with E-state index in [0.717, 1.165) is 34.4 Å². The van der Waals surface area contributed by atoms with Gasteiger partial charge in [-0.05, 0) is 41.3 Å². The largest absolute Gasteiger partial charge is 0.326 e. The number of nitrogens with one attached hydrogen (secondary N) is 2. The van der Waals surface area contributed by atoms with Gasteiger partial charge in [0.15, 0.2) is 5.82 Å². The number of aromatic nitrogens is 2. The number of imidazole rings is 1. The number of anilines is 2. The molecule has 2 N–H and O–H groups in total. The van der Waals surface area contributed by atoms with Gasteiger partial charge >= 0.3 is 0 Å². The van der Waals surface area contributed by atoms with Crippen molar-refractivity contribution in [1.82, 2.24) is 9.38 Å². The van der Waals surface area contributed by atoms with E-state index in [1.165, 1.54) is 0 Å². The first kappa shape index (κ1) is 16.6. The Kier molecular flexibility index (Phi) is 4.74. The van der Waals surface area contributed by atoms with Crippen LogP contribution in [0.25, 0.3) is 16.8 Å². The summed E-state index contributed by atoms with van der Waals surface area (Å²) >= 11 is 0. The molecule has 6 nitrogen and oxygen atoms in total. The van der Waals surface area contributed by atoms with Gasteiger partial charge in [-0.3, -0.25) is 14.0 Å². The molecule has 0 fully saturated rings. The summed E-state index contributed by atoms with van der Waals surface area (Å²) in [4.78, 5) is 26.3. The summed E-state index contributed by atoms with van der Waals surface area (Å²) in [6.45, 7) is 0. The summed E-state index contributed by atoms with van der Waals surface area (Å²) in [6, 6.07) is 9.97. The normalized spacial score (nSPS) is 12.6.